The first-order chi connectivity index (χ1) is 17.8. The van der Waals surface area contributed by atoms with E-state index >= 15 is 0 Å². The van der Waals surface area contributed by atoms with E-state index in [0.29, 0.717) is 28.6 Å². The quantitative estimate of drug-likeness (QED) is 0.338. The molecule has 2 aromatic carbocycles. The Morgan fingerprint density at radius 1 is 1.05 bits per heavy atom. The van der Waals surface area contributed by atoms with E-state index in [9.17, 15) is 26.8 Å². The summed E-state index contributed by atoms with van der Waals surface area (Å²) >= 11 is 12.7. The summed E-state index contributed by atoms with van der Waals surface area (Å²) in [5, 5.41) is 3.54. The number of anilines is 1. The molecule has 7 nitrogen and oxygen atoms in total. The van der Waals surface area contributed by atoms with Crippen molar-refractivity contribution in [2.24, 2.45) is 5.92 Å². The van der Waals surface area contributed by atoms with Gasteiger partial charge in [0.25, 0.3) is 0 Å². The van der Waals surface area contributed by atoms with Gasteiger partial charge in [0.1, 0.15) is 6.04 Å². The van der Waals surface area contributed by atoms with Crippen LogP contribution < -0.4 is 9.62 Å². The standard InChI is InChI=1S/C26H33Cl2F2N3O4S/c1-5-24(26(35)31-15-17(2)3)32(16-19-20(27)8-6-9-21(19)28)25(34)10-7-13-33(38(4,36)37)18-11-12-22(29)23(30)14-18/h6,8-9,11-12,14,17,24H,5,7,10,13,15-16H2,1-4H3,(H,31,35)/t24-/m0/s1. The predicted octanol–water partition coefficient (Wildman–Crippen LogP) is 5.40. The third-order valence-electron chi connectivity index (χ3n) is 5.80. The van der Waals surface area contributed by atoms with E-state index in [2.05, 4.69) is 5.32 Å². The van der Waals surface area contributed by atoms with E-state index in [1.165, 1.54) is 4.90 Å². The van der Waals surface area contributed by atoms with Crippen LogP contribution in [-0.2, 0) is 26.2 Å². The highest BCUT2D eigenvalue weighted by atomic mass is 35.5. The van der Waals surface area contributed by atoms with Gasteiger partial charge >= 0.3 is 0 Å². The van der Waals surface area contributed by atoms with Gasteiger partial charge in [-0.25, -0.2) is 17.2 Å². The van der Waals surface area contributed by atoms with Crippen LogP contribution in [0.25, 0.3) is 0 Å². The van der Waals surface area contributed by atoms with E-state index in [0.717, 1.165) is 28.8 Å². The highest BCUT2D eigenvalue weighted by molar-refractivity contribution is 7.92. The van der Waals surface area contributed by atoms with E-state index < -0.39 is 33.6 Å². The van der Waals surface area contributed by atoms with Crippen LogP contribution in [-0.4, -0.2) is 50.5 Å². The topological polar surface area (TPSA) is 86.8 Å². The number of amides is 2. The maximum absolute atomic E-state index is 13.8. The zero-order valence-corrected chi connectivity index (χ0v) is 24.1. The van der Waals surface area contributed by atoms with Crippen molar-refractivity contribution in [3.63, 3.8) is 0 Å². The summed E-state index contributed by atoms with van der Waals surface area (Å²) in [4.78, 5) is 27.9. The first-order valence-corrected chi connectivity index (χ1v) is 14.8. The highest BCUT2D eigenvalue weighted by Gasteiger charge is 2.30. The molecule has 1 atom stereocenters. The van der Waals surface area contributed by atoms with Gasteiger partial charge in [-0.05, 0) is 43.0 Å². The maximum Gasteiger partial charge on any atom is 0.242 e. The minimum atomic E-state index is -3.86. The summed E-state index contributed by atoms with van der Waals surface area (Å²) in [6.07, 6.45) is 1.20. The Labute approximate surface area is 233 Å². The Morgan fingerprint density at radius 3 is 2.21 bits per heavy atom. The van der Waals surface area contributed by atoms with E-state index in [4.69, 9.17) is 23.2 Å². The van der Waals surface area contributed by atoms with Crippen LogP contribution in [0.15, 0.2) is 36.4 Å². The molecule has 0 aliphatic heterocycles. The molecule has 0 fully saturated rings. The first kappa shape index (κ1) is 31.8. The van der Waals surface area contributed by atoms with Crippen molar-refractivity contribution in [3.05, 3.63) is 63.6 Å². The molecular weight excluding hydrogens is 559 g/mol. The van der Waals surface area contributed by atoms with Crippen molar-refractivity contribution in [1.82, 2.24) is 10.2 Å². The van der Waals surface area contributed by atoms with Gasteiger partial charge in [0.2, 0.25) is 21.8 Å². The fourth-order valence-corrected chi connectivity index (χ4v) is 5.31. The van der Waals surface area contributed by atoms with Crippen molar-refractivity contribution in [1.29, 1.82) is 0 Å². The van der Waals surface area contributed by atoms with Crippen LogP contribution in [0.2, 0.25) is 10.0 Å². The van der Waals surface area contributed by atoms with Crippen molar-refractivity contribution < 1.29 is 26.8 Å². The molecule has 0 bridgehead atoms. The average molecular weight is 593 g/mol. The molecule has 0 aliphatic carbocycles. The predicted molar refractivity (Wildman–Crippen MR) is 147 cm³/mol. The third kappa shape index (κ3) is 8.81. The number of nitrogens with zero attached hydrogens (tertiary/aromatic N) is 2. The second kappa shape index (κ2) is 14.1. The van der Waals surface area contributed by atoms with Crippen molar-refractivity contribution in [2.75, 3.05) is 23.7 Å². The van der Waals surface area contributed by atoms with Gasteiger partial charge in [-0.2, -0.15) is 0 Å². The summed E-state index contributed by atoms with van der Waals surface area (Å²) < 4.78 is 52.7. The Morgan fingerprint density at radius 2 is 1.68 bits per heavy atom. The van der Waals surface area contributed by atoms with E-state index in [1.54, 1.807) is 25.1 Å². The van der Waals surface area contributed by atoms with Crippen LogP contribution in [0.3, 0.4) is 0 Å². The molecule has 0 heterocycles. The molecule has 0 radical (unpaired) electrons. The lowest BCUT2D eigenvalue weighted by Crippen LogP contribution is -2.49. The number of rotatable bonds is 13. The van der Waals surface area contributed by atoms with Gasteiger partial charge < -0.3 is 10.2 Å². The Bertz CT molecular complexity index is 1220. The number of hydrogen-bond donors (Lipinski definition) is 1. The molecule has 2 aromatic rings. The van der Waals surface area contributed by atoms with Gasteiger partial charge in [0.05, 0.1) is 11.9 Å². The molecule has 0 unspecified atom stereocenters. The molecule has 0 saturated carbocycles. The highest BCUT2D eigenvalue weighted by Crippen LogP contribution is 2.28. The van der Waals surface area contributed by atoms with Crippen molar-refractivity contribution in [2.45, 2.75) is 52.6 Å². The molecule has 12 heteroatoms. The molecule has 0 spiro atoms. The average Bonchev–Trinajstić information content (AvgIpc) is 2.83. The smallest absolute Gasteiger partial charge is 0.242 e. The first-order valence-electron chi connectivity index (χ1n) is 12.2. The largest absolute Gasteiger partial charge is 0.354 e. The summed E-state index contributed by atoms with van der Waals surface area (Å²) in [6, 6.07) is 6.91. The molecule has 2 amide bonds. The monoisotopic (exact) mass is 591 g/mol. The molecule has 1 N–H and O–H groups in total. The van der Waals surface area contributed by atoms with Crippen LogP contribution in [0, 0.1) is 17.6 Å². The van der Waals surface area contributed by atoms with Crippen molar-refractivity contribution >= 4 is 50.7 Å². The zero-order valence-electron chi connectivity index (χ0n) is 21.8. The lowest BCUT2D eigenvalue weighted by Gasteiger charge is -2.32. The second-order valence-corrected chi connectivity index (χ2v) is 12.0. The molecule has 210 valence electrons. The van der Waals surface area contributed by atoms with Crippen molar-refractivity contribution in [3.8, 4) is 0 Å². The molecule has 0 aliphatic rings. The van der Waals surface area contributed by atoms with Gasteiger partial charge in [-0.1, -0.05) is 50.0 Å². The summed E-state index contributed by atoms with van der Waals surface area (Å²) in [5.74, 6) is -2.82. The van der Waals surface area contributed by atoms with Crippen LogP contribution in [0.5, 0.6) is 0 Å². The minimum absolute atomic E-state index is 0.0239. The molecular formula is C26H33Cl2F2N3O4S. The third-order valence-corrected chi connectivity index (χ3v) is 7.71. The Kier molecular flexibility index (Phi) is 11.8. The number of nitrogens with one attached hydrogen (secondary N) is 1. The molecule has 38 heavy (non-hydrogen) atoms. The second-order valence-electron chi connectivity index (χ2n) is 9.32. The number of hydrogen-bond acceptors (Lipinski definition) is 4. The van der Waals surface area contributed by atoms with Gasteiger partial charge in [-0.3, -0.25) is 13.9 Å². The van der Waals surface area contributed by atoms with E-state index in [1.807, 2.05) is 13.8 Å². The zero-order chi connectivity index (χ0) is 28.6. The van der Waals surface area contributed by atoms with Gasteiger partial charge in [0, 0.05) is 47.7 Å². The normalized spacial score (nSPS) is 12.3. The number of sulfonamides is 1. The van der Waals surface area contributed by atoms with E-state index in [-0.39, 0.29) is 43.4 Å². The SMILES string of the molecule is CC[C@@H](C(=O)NCC(C)C)N(Cc1c(Cl)cccc1Cl)C(=O)CCCN(c1ccc(F)c(F)c1)S(C)(=O)=O. The molecule has 2 rings (SSSR count). The number of halogens is 4. The minimum Gasteiger partial charge on any atom is -0.354 e. The summed E-state index contributed by atoms with van der Waals surface area (Å²) in [5.41, 5.74) is 0.428. The summed E-state index contributed by atoms with van der Waals surface area (Å²) in [6.45, 7) is 5.93. The maximum atomic E-state index is 13.8. The number of benzene rings is 2. The summed E-state index contributed by atoms with van der Waals surface area (Å²) in [7, 11) is -3.86. The fourth-order valence-electron chi connectivity index (χ4n) is 3.84. The van der Waals surface area contributed by atoms with Gasteiger partial charge in [-0.15, -0.1) is 0 Å². The lowest BCUT2D eigenvalue weighted by molar-refractivity contribution is -0.141. The Balaban J connectivity index is 2.28. The number of carbonyl (C=O) groups excluding carboxylic acids is 2. The lowest BCUT2D eigenvalue weighted by atomic mass is 10.1. The number of carbonyl (C=O) groups is 2. The van der Waals surface area contributed by atoms with Crippen LogP contribution in [0.1, 0.15) is 45.6 Å². The fraction of sp³-hybridized carbons (Fsp3) is 0.462. The van der Waals surface area contributed by atoms with Gasteiger partial charge in [0.15, 0.2) is 11.6 Å². The Hall–Kier alpha value is -2.43. The molecule has 0 saturated heterocycles. The van der Waals surface area contributed by atoms with Crippen LogP contribution >= 0.6 is 23.2 Å². The molecule has 0 aromatic heterocycles. The van der Waals surface area contributed by atoms with Crippen LogP contribution in [0.4, 0.5) is 14.5 Å².